The maximum atomic E-state index is 12.2. The summed E-state index contributed by atoms with van der Waals surface area (Å²) in [6, 6.07) is -0.542. The number of amides is 3. The summed E-state index contributed by atoms with van der Waals surface area (Å²) in [5.41, 5.74) is 0.797. The molecule has 124 valence electrons. The molecular weight excluding hydrogens is 336 g/mol. The number of fused-ring (bicyclic) bond motifs is 1. The molecule has 0 aliphatic heterocycles. The van der Waals surface area contributed by atoms with E-state index in [2.05, 4.69) is 20.6 Å². The van der Waals surface area contributed by atoms with Gasteiger partial charge in [0.2, 0.25) is 5.91 Å². The third-order valence-corrected chi connectivity index (χ3v) is 5.65. The molecule has 23 heavy (non-hydrogen) atoms. The van der Waals surface area contributed by atoms with Crippen LogP contribution in [0.1, 0.15) is 23.2 Å². The first-order chi connectivity index (χ1) is 10.8. The van der Waals surface area contributed by atoms with Crippen LogP contribution in [0.2, 0.25) is 0 Å². The Kier molecular flexibility index (Phi) is 5.42. The number of H-pyrrole nitrogens is 1. The Morgan fingerprint density at radius 2 is 2.09 bits per heavy atom. The van der Waals surface area contributed by atoms with Crippen LogP contribution in [-0.2, 0) is 10.5 Å². The predicted molar refractivity (Wildman–Crippen MR) is 93.1 cm³/mol. The minimum Gasteiger partial charge on any atom is -0.341 e. The van der Waals surface area contributed by atoms with Crippen LogP contribution in [0.25, 0.3) is 10.2 Å². The van der Waals surface area contributed by atoms with Crippen molar-refractivity contribution in [3.63, 3.8) is 0 Å². The third-order valence-electron chi connectivity index (χ3n) is 3.39. The average molecular weight is 354 g/mol. The molecule has 3 amide bonds. The van der Waals surface area contributed by atoms with Crippen molar-refractivity contribution in [2.45, 2.75) is 31.8 Å². The summed E-state index contributed by atoms with van der Waals surface area (Å²) >= 11 is 2.78. The van der Waals surface area contributed by atoms with Gasteiger partial charge in [0.15, 0.2) is 0 Å². The molecule has 2 rings (SSSR count). The summed E-state index contributed by atoms with van der Waals surface area (Å²) in [7, 11) is 1.44. The lowest BCUT2D eigenvalue weighted by atomic mass is 10.2. The highest BCUT2D eigenvalue weighted by Gasteiger charge is 2.17. The number of aromatic amines is 1. The number of hydrogen-bond donors (Lipinski definition) is 3. The van der Waals surface area contributed by atoms with Crippen molar-refractivity contribution in [3.05, 3.63) is 26.6 Å². The van der Waals surface area contributed by atoms with Crippen molar-refractivity contribution in [1.82, 2.24) is 20.6 Å². The van der Waals surface area contributed by atoms with Crippen LogP contribution in [-0.4, -0.2) is 34.2 Å². The first-order valence-corrected chi connectivity index (χ1v) is 8.83. The second kappa shape index (κ2) is 7.14. The maximum Gasteiger partial charge on any atom is 0.321 e. The molecule has 0 radical (unpaired) electrons. The van der Waals surface area contributed by atoms with E-state index in [4.69, 9.17) is 0 Å². The van der Waals surface area contributed by atoms with Crippen molar-refractivity contribution in [1.29, 1.82) is 0 Å². The molecule has 0 fully saturated rings. The zero-order valence-electron chi connectivity index (χ0n) is 13.3. The highest BCUT2D eigenvalue weighted by Crippen LogP contribution is 2.26. The van der Waals surface area contributed by atoms with Gasteiger partial charge >= 0.3 is 6.03 Å². The van der Waals surface area contributed by atoms with Gasteiger partial charge in [-0.15, -0.1) is 23.1 Å². The van der Waals surface area contributed by atoms with Gasteiger partial charge < -0.3 is 10.3 Å². The van der Waals surface area contributed by atoms with Gasteiger partial charge in [0.25, 0.3) is 5.56 Å². The summed E-state index contributed by atoms with van der Waals surface area (Å²) in [6.07, 6.45) is 0. The van der Waals surface area contributed by atoms with Crippen LogP contribution in [0.4, 0.5) is 4.79 Å². The fourth-order valence-electron chi connectivity index (χ4n) is 1.92. The molecule has 0 aromatic carbocycles. The van der Waals surface area contributed by atoms with E-state index < -0.39 is 11.3 Å². The molecule has 0 saturated heterocycles. The average Bonchev–Trinajstić information content (AvgIpc) is 2.79. The number of carbonyl (C=O) groups is 2. The van der Waals surface area contributed by atoms with E-state index in [-0.39, 0.29) is 11.5 Å². The standard InChI is InChI=1S/C14H18N4O3S2/c1-6-7(2)23-13-10(6)12(20)16-9(17-13)5-22-8(3)11(19)18-14(21)15-4/h8H,5H2,1-4H3,(H,16,17,20)(H2,15,18,19,21)/t8-/m1/s1. The Balaban J connectivity index is 2.09. The number of aromatic nitrogens is 2. The van der Waals surface area contributed by atoms with Gasteiger partial charge in [0.1, 0.15) is 10.7 Å². The second-order valence-electron chi connectivity index (χ2n) is 5.00. The Morgan fingerprint density at radius 3 is 2.74 bits per heavy atom. The molecule has 1 atom stereocenters. The van der Waals surface area contributed by atoms with Crippen molar-refractivity contribution in [2.24, 2.45) is 0 Å². The Morgan fingerprint density at radius 1 is 1.39 bits per heavy atom. The number of nitrogens with one attached hydrogen (secondary N) is 3. The molecule has 7 nitrogen and oxygen atoms in total. The summed E-state index contributed by atoms with van der Waals surface area (Å²) in [5, 5.41) is 4.73. The summed E-state index contributed by atoms with van der Waals surface area (Å²) in [5.74, 6) is 0.512. The van der Waals surface area contributed by atoms with E-state index in [1.807, 2.05) is 13.8 Å². The Hall–Kier alpha value is -1.87. The van der Waals surface area contributed by atoms with Gasteiger partial charge in [-0.3, -0.25) is 14.9 Å². The molecule has 3 N–H and O–H groups in total. The SMILES string of the molecule is CNC(=O)NC(=O)[C@@H](C)SCc1nc2sc(C)c(C)c2c(=O)[nH]1. The highest BCUT2D eigenvalue weighted by molar-refractivity contribution is 7.99. The summed E-state index contributed by atoms with van der Waals surface area (Å²) in [4.78, 5) is 44.1. The normalized spacial score (nSPS) is 12.2. The summed E-state index contributed by atoms with van der Waals surface area (Å²) in [6.45, 7) is 5.56. The van der Waals surface area contributed by atoms with E-state index in [0.717, 1.165) is 10.4 Å². The van der Waals surface area contributed by atoms with Gasteiger partial charge in [0.05, 0.1) is 16.4 Å². The van der Waals surface area contributed by atoms with Crippen molar-refractivity contribution in [2.75, 3.05) is 7.05 Å². The zero-order chi connectivity index (χ0) is 17.1. The highest BCUT2D eigenvalue weighted by atomic mass is 32.2. The van der Waals surface area contributed by atoms with Gasteiger partial charge in [-0.2, -0.15) is 0 Å². The molecule has 2 aromatic rings. The first kappa shape index (κ1) is 17.5. The van der Waals surface area contributed by atoms with Gasteiger partial charge in [-0.25, -0.2) is 9.78 Å². The molecule has 0 aliphatic rings. The van der Waals surface area contributed by atoms with Crippen LogP contribution in [0, 0.1) is 13.8 Å². The fraction of sp³-hybridized carbons (Fsp3) is 0.429. The monoisotopic (exact) mass is 354 g/mol. The van der Waals surface area contributed by atoms with E-state index in [0.29, 0.717) is 21.8 Å². The Bertz CT molecular complexity index is 812. The van der Waals surface area contributed by atoms with Crippen LogP contribution < -0.4 is 16.2 Å². The predicted octanol–water partition coefficient (Wildman–Crippen LogP) is 1.68. The van der Waals surface area contributed by atoms with E-state index in [9.17, 15) is 14.4 Å². The topological polar surface area (TPSA) is 104 Å². The number of urea groups is 1. The lowest BCUT2D eigenvalue weighted by molar-refractivity contribution is -0.119. The fourth-order valence-corrected chi connectivity index (χ4v) is 3.73. The van der Waals surface area contributed by atoms with E-state index >= 15 is 0 Å². The lowest BCUT2D eigenvalue weighted by Gasteiger charge is -2.10. The number of carbonyl (C=O) groups excluding carboxylic acids is 2. The van der Waals surface area contributed by atoms with Crippen LogP contribution >= 0.6 is 23.1 Å². The molecule has 0 bridgehead atoms. The van der Waals surface area contributed by atoms with Gasteiger partial charge in [-0.05, 0) is 26.3 Å². The van der Waals surface area contributed by atoms with Crippen molar-refractivity contribution >= 4 is 45.3 Å². The number of hydrogen-bond acceptors (Lipinski definition) is 6. The second-order valence-corrected chi connectivity index (χ2v) is 7.53. The number of thiophene rings is 1. The van der Waals surface area contributed by atoms with Gasteiger partial charge in [-0.1, -0.05) is 0 Å². The van der Waals surface area contributed by atoms with Gasteiger partial charge in [0, 0.05) is 11.9 Å². The minimum absolute atomic E-state index is 0.157. The molecule has 0 saturated carbocycles. The molecular formula is C14H18N4O3S2. The number of thioether (sulfide) groups is 1. The smallest absolute Gasteiger partial charge is 0.321 e. The molecule has 0 unspecified atom stereocenters. The van der Waals surface area contributed by atoms with Crippen LogP contribution in [0.5, 0.6) is 0 Å². The van der Waals surface area contributed by atoms with E-state index in [1.54, 1.807) is 6.92 Å². The minimum atomic E-state index is -0.542. The van der Waals surface area contributed by atoms with Crippen LogP contribution in [0.3, 0.4) is 0 Å². The molecule has 2 heterocycles. The molecule has 9 heteroatoms. The molecule has 2 aromatic heterocycles. The molecule has 0 aliphatic carbocycles. The number of nitrogens with zero attached hydrogens (tertiary/aromatic N) is 1. The summed E-state index contributed by atoms with van der Waals surface area (Å²) < 4.78 is 0. The Labute approximate surface area is 141 Å². The molecule has 0 spiro atoms. The number of imide groups is 1. The maximum absolute atomic E-state index is 12.2. The zero-order valence-corrected chi connectivity index (χ0v) is 14.9. The number of aryl methyl sites for hydroxylation is 2. The number of rotatable bonds is 4. The third kappa shape index (κ3) is 3.91. The first-order valence-electron chi connectivity index (χ1n) is 6.96. The lowest BCUT2D eigenvalue weighted by Crippen LogP contribution is -2.41. The quantitative estimate of drug-likeness (QED) is 0.775. The van der Waals surface area contributed by atoms with Crippen molar-refractivity contribution < 1.29 is 9.59 Å². The van der Waals surface area contributed by atoms with Crippen LogP contribution in [0.15, 0.2) is 4.79 Å². The largest absolute Gasteiger partial charge is 0.341 e. The van der Waals surface area contributed by atoms with E-state index in [1.165, 1.54) is 30.1 Å². The van der Waals surface area contributed by atoms with Crippen molar-refractivity contribution in [3.8, 4) is 0 Å².